The summed E-state index contributed by atoms with van der Waals surface area (Å²) in [6.07, 6.45) is 1.79. The molecule has 1 rings (SSSR count). The first-order valence-corrected chi connectivity index (χ1v) is 4.91. The Hall–Kier alpha value is -0.110. The summed E-state index contributed by atoms with van der Waals surface area (Å²) in [4.78, 5) is 0. The number of benzene rings is 1. The minimum absolute atomic E-state index is 0. The Kier molecular flexibility index (Phi) is 8.15. The molecule has 0 aliphatic carbocycles. The molecule has 0 N–H and O–H groups in total. The third-order valence-corrected chi connectivity index (χ3v) is 1.99. The van der Waals surface area contributed by atoms with Crippen molar-refractivity contribution in [2.75, 3.05) is 0 Å². The van der Waals surface area contributed by atoms with Crippen molar-refractivity contribution in [3.8, 4) is 5.75 Å². The van der Waals surface area contributed by atoms with Crippen LogP contribution in [0.25, 0.3) is 0 Å². The molecule has 0 aromatic heterocycles. The minimum atomic E-state index is -0.155. The second kappa shape index (κ2) is 8.22. The van der Waals surface area contributed by atoms with E-state index >= 15 is 0 Å². The lowest BCUT2D eigenvalue weighted by atomic mass is 10.3. The van der Waals surface area contributed by atoms with Gasteiger partial charge in [0.05, 0.1) is 0 Å². The average Bonchev–Trinajstić information content (AvgIpc) is 2.19. The van der Waals surface area contributed by atoms with Crippen LogP contribution in [-0.4, -0.2) is 6.29 Å². The van der Waals surface area contributed by atoms with Crippen LogP contribution in [-0.2, 0) is 4.52 Å². The van der Waals surface area contributed by atoms with Crippen molar-refractivity contribution in [3.63, 3.8) is 0 Å². The number of hydrogen-bond donors (Lipinski definition) is 0. The summed E-state index contributed by atoms with van der Waals surface area (Å²) < 4.78 is 10.7. The quantitative estimate of drug-likeness (QED) is 0.606. The van der Waals surface area contributed by atoms with Gasteiger partial charge in [-0.25, -0.2) is 0 Å². The Morgan fingerprint density at radius 1 is 1.29 bits per heavy atom. The van der Waals surface area contributed by atoms with Crippen molar-refractivity contribution in [2.24, 2.45) is 0 Å². The largest absolute Gasteiger partial charge is 0.465 e. The van der Waals surface area contributed by atoms with Gasteiger partial charge >= 0.3 is 0 Å². The Bertz CT molecular complexity index is 231. The van der Waals surface area contributed by atoms with Crippen LogP contribution in [0.2, 0.25) is 0 Å². The number of hydrogen-bond acceptors (Lipinski definition) is 2. The van der Waals surface area contributed by atoms with E-state index in [1.165, 1.54) is 0 Å². The topological polar surface area (TPSA) is 18.5 Å². The summed E-state index contributed by atoms with van der Waals surface area (Å²) in [5, 5.41) is 0. The van der Waals surface area contributed by atoms with E-state index < -0.39 is 0 Å². The second-order valence-corrected chi connectivity index (χ2v) is 3.06. The maximum atomic E-state index is 5.56. The van der Waals surface area contributed by atoms with Crippen molar-refractivity contribution in [2.45, 2.75) is 26.1 Å². The normalized spacial score (nSPS) is 11.6. The number of ether oxygens (including phenoxy) is 1. The molecule has 0 spiro atoms. The highest BCUT2D eigenvalue weighted by Gasteiger charge is 2.06. The Morgan fingerprint density at radius 2 is 1.93 bits per heavy atom. The molecule has 4 heteroatoms. The van der Waals surface area contributed by atoms with Crippen LogP contribution >= 0.6 is 26.4 Å². The van der Waals surface area contributed by atoms with E-state index in [0.717, 1.165) is 18.6 Å². The lowest BCUT2D eigenvalue weighted by Crippen LogP contribution is -2.15. The molecule has 2 unspecified atom stereocenters. The van der Waals surface area contributed by atoms with E-state index in [9.17, 15) is 0 Å². The van der Waals surface area contributed by atoms with Crippen LogP contribution < -0.4 is 4.74 Å². The predicted octanol–water partition coefficient (Wildman–Crippen LogP) is 3.58. The first-order valence-electron chi connectivity index (χ1n) is 4.44. The predicted molar refractivity (Wildman–Crippen MR) is 66.9 cm³/mol. The Labute approximate surface area is 98.0 Å². The highest BCUT2D eigenvalue weighted by molar-refractivity contribution is 8.93. The van der Waals surface area contributed by atoms with Gasteiger partial charge in [0.25, 0.3) is 0 Å². The maximum absolute atomic E-state index is 5.56. The van der Waals surface area contributed by atoms with E-state index in [1.807, 2.05) is 30.3 Å². The molecule has 80 valence electrons. The van der Waals surface area contributed by atoms with Crippen LogP contribution in [0, 0.1) is 0 Å². The molecule has 0 amide bonds. The van der Waals surface area contributed by atoms with E-state index in [4.69, 9.17) is 9.26 Å². The molecular formula is C10H16BrO2P. The molecule has 0 aliphatic rings. The van der Waals surface area contributed by atoms with Gasteiger partial charge < -0.3 is 9.26 Å². The van der Waals surface area contributed by atoms with E-state index in [1.54, 1.807) is 0 Å². The Morgan fingerprint density at radius 3 is 2.43 bits per heavy atom. The average molecular weight is 279 g/mol. The molecule has 0 aliphatic heterocycles. The van der Waals surface area contributed by atoms with Crippen LogP contribution in [0.3, 0.4) is 0 Å². The van der Waals surface area contributed by atoms with Gasteiger partial charge in [-0.15, -0.1) is 17.0 Å². The first kappa shape index (κ1) is 13.9. The first-order chi connectivity index (χ1) is 6.36. The van der Waals surface area contributed by atoms with Gasteiger partial charge in [-0.05, 0) is 12.1 Å². The van der Waals surface area contributed by atoms with E-state index in [-0.39, 0.29) is 23.3 Å². The van der Waals surface area contributed by atoms with Gasteiger partial charge in [0.2, 0.25) is 6.29 Å². The van der Waals surface area contributed by atoms with Gasteiger partial charge in [0.15, 0.2) is 0 Å². The van der Waals surface area contributed by atoms with Crippen LogP contribution in [0.1, 0.15) is 19.8 Å². The summed E-state index contributed by atoms with van der Waals surface area (Å²) in [6, 6.07) is 9.70. The van der Waals surface area contributed by atoms with Crippen LogP contribution in [0.5, 0.6) is 5.75 Å². The fraction of sp³-hybridized carbons (Fsp3) is 0.400. The maximum Gasteiger partial charge on any atom is 0.202 e. The van der Waals surface area contributed by atoms with Crippen molar-refractivity contribution in [3.05, 3.63) is 30.3 Å². The third-order valence-electron chi connectivity index (χ3n) is 1.69. The fourth-order valence-corrected chi connectivity index (χ4v) is 1.23. The molecule has 2 atom stereocenters. The molecule has 0 radical (unpaired) electrons. The van der Waals surface area contributed by atoms with Gasteiger partial charge in [-0.2, -0.15) is 0 Å². The van der Waals surface area contributed by atoms with Crippen molar-refractivity contribution in [1.29, 1.82) is 0 Å². The molecule has 2 nitrogen and oxygen atoms in total. The lowest BCUT2D eigenvalue weighted by Gasteiger charge is -2.15. The monoisotopic (exact) mass is 278 g/mol. The fourth-order valence-electron chi connectivity index (χ4n) is 1.04. The highest BCUT2D eigenvalue weighted by atomic mass is 79.9. The molecule has 1 aromatic rings. The lowest BCUT2D eigenvalue weighted by molar-refractivity contribution is 0.0143. The van der Waals surface area contributed by atoms with Crippen molar-refractivity contribution < 1.29 is 9.26 Å². The summed E-state index contributed by atoms with van der Waals surface area (Å²) in [5.41, 5.74) is 0. The van der Waals surface area contributed by atoms with Crippen molar-refractivity contribution in [1.82, 2.24) is 0 Å². The molecule has 0 bridgehead atoms. The zero-order valence-electron chi connectivity index (χ0n) is 8.18. The Balaban J connectivity index is 0.00000169. The van der Waals surface area contributed by atoms with Crippen LogP contribution in [0.4, 0.5) is 0 Å². The standard InChI is InChI=1S/C10H15O2P.BrH/c1-2-6-10(12-13)11-9-7-4-3-5-8-9;/h3-5,7-8,10H,2,6,13H2,1H3;1H. The van der Waals surface area contributed by atoms with Gasteiger partial charge in [0.1, 0.15) is 5.75 Å². The number of rotatable bonds is 5. The number of halogens is 1. The summed E-state index contributed by atoms with van der Waals surface area (Å²) in [7, 11) is 2.24. The van der Waals surface area contributed by atoms with Gasteiger partial charge in [0, 0.05) is 15.9 Å². The smallest absolute Gasteiger partial charge is 0.202 e. The third kappa shape index (κ3) is 4.94. The number of para-hydroxylation sites is 1. The van der Waals surface area contributed by atoms with Crippen LogP contribution in [0.15, 0.2) is 30.3 Å². The molecule has 0 saturated carbocycles. The molecule has 0 heterocycles. The second-order valence-electron chi connectivity index (χ2n) is 2.79. The summed E-state index contributed by atoms with van der Waals surface area (Å²) >= 11 is 0. The highest BCUT2D eigenvalue weighted by Crippen LogP contribution is 2.15. The minimum Gasteiger partial charge on any atom is -0.465 e. The molecule has 0 fully saturated rings. The zero-order valence-corrected chi connectivity index (χ0v) is 11.0. The molecule has 14 heavy (non-hydrogen) atoms. The summed E-state index contributed by atoms with van der Waals surface area (Å²) in [6.45, 7) is 2.10. The van der Waals surface area contributed by atoms with Gasteiger partial charge in [-0.1, -0.05) is 31.5 Å². The summed E-state index contributed by atoms with van der Waals surface area (Å²) in [5.74, 6) is 0.850. The van der Waals surface area contributed by atoms with Gasteiger partial charge in [-0.3, -0.25) is 0 Å². The SMILES string of the molecule is Br.CCCC(OP)Oc1ccccc1. The zero-order chi connectivity index (χ0) is 9.52. The van der Waals surface area contributed by atoms with Crippen molar-refractivity contribution >= 4 is 26.4 Å². The molecule has 0 saturated heterocycles. The van der Waals surface area contributed by atoms with E-state index in [0.29, 0.717) is 0 Å². The van der Waals surface area contributed by atoms with E-state index in [2.05, 4.69) is 16.4 Å². The molecular weight excluding hydrogens is 263 g/mol. The molecule has 1 aromatic carbocycles.